The SMILES string of the molecule is COC(=O)OCOc1c2n(ccc1=O)N1C(CCOc3cc(F)c(F)cc3[C@H]1c1ccc(F)cc1)N(C)C2=O. The van der Waals surface area contributed by atoms with E-state index in [4.69, 9.17) is 14.2 Å². The molecule has 204 valence electrons. The molecule has 10 nitrogen and oxygen atoms in total. The van der Waals surface area contributed by atoms with E-state index in [0.29, 0.717) is 5.56 Å². The van der Waals surface area contributed by atoms with Gasteiger partial charge in [-0.25, -0.2) is 18.0 Å². The summed E-state index contributed by atoms with van der Waals surface area (Å²) in [5, 5.41) is 1.68. The van der Waals surface area contributed by atoms with Crippen LogP contribution in [0.5, 0.6) is 11.5 Å². The zero-order chi connectivity index (χ0) is 27.8. The fraction of sp³-hybridized carbons (Fsp3) is 0.269. The van der Waals surface area contributed by atoms with Crippen LogP contribution in [-0.4, -0.2) is 55.4 Å². The molecular formula is C26H22F3N3O7. The van der Waals surface area contributed by atoms with E-state index in [1.54, 1.807) is 5.01 Å². The van der Waals surface area contributed by atoms with Gasteiger partial charge >= 0.3 is 6.16 Å². The summed E-state index contributed by atoms with van der Waals surface area (Å²) in [7, 11) is 2.60. The summed E-state index contributed by atoms with van der Waals surface area (Å²) in [5.74, 6) is -3.69. The molecule has 0 fully saturated rings. The molecule has 3 heterocycles. The quantitative estimate of drug-likeness (QED) is 0.364. The standard InChI is InChI=1S/C26H22F3N3O7/c1-30-21-8-10-37-20-12-18(29)17(28)11-16(20)22(14-3-5-15(27)6-4-14)32(21)31-9-7-19(33)24(23(31)25(30)34)38-13-39-26(35)36-2/h3-7,9,11-12,21-22H,8,10,13H2,1-2H3/t21?,22-/m1/s1. The van der Waals surface area contributed by atoms with Crippen molar-refractivity contribution in [3.05, 3.63) is 93.2 Å². The topological polar surface area (TPSA) is 99.5 Å². The Bertz CT molecular complexity index is 1500. The first-order valence-corrected chi connectivity index (χ1v) is 11.7. The predicted molar refractivity (Wildman–Crippen MR) is 128 cm³/mol. The average molecular weight is 545 g/mol. The normalized spacial score (nSPS) is 18.1. The lowest BCUT2D eigenvalue weighted by atomic mass is 9.94. The fourth-order valence-corrected chi connectivity index (χ4v) is 4.75. The molecule has 2 aliphatic rings. The fourth-order valence-electron chi connectivity index (χ4n) is 4.75. The van der Waals surface area contributed by atoms with Gasteiger partial charge in [0.25, 0.3) is 5.91 Å². The number of amides is 1. The van der Waals surface area contributed by atoms with Gasteiger partial charge in [0.15, 0.2) is 17.3 Å². The molecule has 1 amide bonds. The number of pyridine rings is 1. The van der Waals surface area contributed by atoms with Gasteiger partial charge in [0.1, 0.15) is 23.8 Å². The van der Waals surface area contributed by atoms with E-state index in [1.165, 1.54) is 47.1 Å². The second-order valence-electron chi connectivity index (χ2n) is 8.73. The lowest BCUT2D eigenvalue weighted by molar-refractivity contribution is 0.0131. The number of fused-ring (bicyclic) bond motifs is 4. The molecule has 0 aliphatic carbocycles. The number of carbonyl (C=O) groups is 2. The van der Waals surface area contributed by atoms with Gasteiger partial charge in [0.2, 0.25) is 18.0 Å². The molecule has 0 saturated carbocycles. The molecule has 0 saturated heterocycles. The van der Waals surface area contributed by atoms with Crippen LogP contribution in [0.4, 0.5) is 18.0 Å². The Morgan fingerprint density at radius 3 is 2.51 bits per heavy atom. The van der Waals surface area contributed by atoms with Crippen molar-refractivity contribution in [3.63, 3.8) is 0 Å². The summed E-state index contributed by atoms with van der Waals surface area (Å²) >= 11 is 0. The van der Waals surface area contributed by atoms with Crippen molar-refractivity contribution < 1.29 is 41.7 Å². The van der Waals surface area contributed by atoms with E-state index in [1.807, 2.05) is 0 Å². The number of carbonyl (C=O) groups excluding carboxylic acids is 2. The Balaban J connectivity index is 1.73. The molecule has 3 aromatic rings. The van der Waals surface area contributed by atoms with E-state index in [2.05, 4.69) is 4.74 Å². The van der Waals surface area contributed by atoms with Gasteiger partial charge < -0.3 is 23.8 Å². The summed E-state index contributed by atoms with van der Waals surface area (Å²) in [6, 6.07) is 7.51. The Labute approximate surface area is 219 Å². The van der Waals surface area contributed by atoms with Gasteiger partial charge in [-0.05, 0) is 23.8 Å². The van der Waals surface area contributed by atoms with Gasteiger partial charge in [0.05, 0.1) is 13.7 Å². The number of nitrogens with zero attached hydrogens (tertiary/aromatic N) is 3. The Morgan fingerprint density at radius 2 is 1.79 bits per heavy atom. The van der Waals surface area contributed by atoms with Crippen LogP contribution in [0, 0.1) is 17.5 Å². The number of hydrogen-bond acceptors (Lipinski definition) is 8. The van der Waals surface area contributed by atoms with Gasteiger partial charge in [0, 0.05) is 37.4 Å². The zero-order valence-electron chi connectivity index (χ0n) is 20.7. The number of aromatic nitrogens is 1. The Morgan fingerprint density at radius 1 is 1.08 bits per heavy atom. The van der Waals surface area contributed by atoms with Crippen LogP contribution < -0.4 is 19.9 Å². The van der Waals surface area contributed by atoms with Crippen LogP contribution in [0.1, 0.15) is 34.1 Å². The predicted octanol–water partition coefficient (Wildman–Crippen LogP) is 3.31. The molecular weight excluding hydrogens is 523 g/mol. The molecule has 2 atom stereocenters. The third kappa shape index (κ3) is 4.60. The summed E-state index contributed by atoms with van der Waals surface area (Å²) < 4.78 is 64.4. The molecule has 39 heavy (non-hydrogen) atoms. The lowest BCUT2D eigenvalue weighted by Crippen LogP contribution is -2.62. The molecule has 1 aromatic heterocycles. The maximum absolute atomic E-state index is 14.6. The minimum atomic E-state index is -1.13. The van der Waals surface area contributed by atoms with Crippen molar-refractivity contribution >= 4 is 12.1 Å². The third-order valence-corrected chi connectivity index (χ3v) is 6.54. The smallest absolute Gasteiger partial charge is 0.493 e. The molecule has 13 heteroatoms. The van der Waals surface area contributed by atoms with Crippen molar-refractivity contribution in [2.75, 3.05) is 32.6 Å². The molecule has 0 radical (unpaired) electrons. The number of benzene rings is 2. The highest BCUT2D eigenvalue weighted by molar-refractivity contribution is 5.96. The van der Waals surface area contributed by atoms with Crippen molar-refractivity contribution in [1.29, 1.82) is 0 Å². The second-order valence-corrected chi connectivity index (χ2v) is 8.73. The number of halogens is 3. The van der Waals surface area contributed by atoms with E-state index in [0.717, 1.165) is 25.3 Å². The number of methoxy groups -OCH3 is 1. The Hall–Kier alpha value is -4.68. The third-order valence-electron chi connectivity index (χ3n) is 6.54. The maximum atomic E-state index is 14.6. The first kappa shape index (κ1) is 25.9. The van der Waals surface area contributed by atoms with Gasteiger partial charge in [-0.2, -0.15) is 0 Å². The second kappa shape index (κ2) is 10.2. The molecule has 2 aromatic carbocycles. The van der Waals surface area contributed by atoms with E-state index in [-0.39, 0.29) is 30.0 Å². The number of ether oxygens (including phenoxy) is 4. The summed E-state index contributed by atoms with van der Waals surface area (Å²) in [5.41, 5.74) is -0.207. The highest BCUT2D eigenvalue weighted by atomic mass is 19.2. The van der Waals surface area contributed by atoms with Crippen LogP contribution in [0.3, 0.4) is 0 Å². The first-order valence-electron chi connectivity index (χ1n) is 11.7. The van der Waals surface area contributed by atoms with E-state index >= 15 is 0 Å². The zero-order valence-corrected chi connectivity index (χ0v) is 20.7. The van der Waals surface area contributed by atoms with Gasteiger partial charge in [-0.3, -0.25) is 19.3 Å². The summed E-state index contributed by atoms with van der Waals surface area (Å²) in [4.78, 5) is 39.1. The Kier molecular flexibility index (Phi) is 6.81. The van der Waals surface area contributed by atoms with E-state index in [9.17, 15) is 27.6 Å². The number of hydrogen-bond donors (Lipinski definition) is 0. The van der Waals surface area contributed by atoms with Crippen molar-refractivity contribution in [2.24, 2.45) is 0 Å². The van der Waals surface area contributed by atoms with Crippen LogP contribution in [0.2, 0.25) is 0 Å². The highest BCUT2D eigenvalue weighted by Crippen LogP contribution is 2.41. The molecule has 0 N–H and O–H groups in total. The molecule has 1 unspecified atom stereocenters. The van der Waals surface area contributed by atoms with Crippen molar-refractivity contribution in [1.82, 2.24) is 9.58 Å². The maximum Gasteiger partial charge on any atom is 0.510 e. The number of rotatable bonds is 4. The van der Waals surface area contributed by atoms with Crippen LogP contribution in [0.25, 0.3) is 0 Å². The highest BCUT2D eigenvalue weighted by Gasteiger charge is 2.44. The van der Waals surface area contributed by atoms with Gasteiger partial charge in [-0.15, -0.1) is 0 Å². The van der Waals surface area contributed by atoms with Crippen LogP contribution in [0.15, 0.2) is 53.5 Å². The first-order chi connectivity index (χ1) is 18.7. The monoisotopic (exact) mass is 545 g/mol. The van der Waals surface area contributed by atoms with Crippen LogP contribution in [-0.2, 0) is 9.47 Å². The van der Waals surface area contributed by atoms with Gasteiger partial charge in [-0.1, -0.05) is 12.1 Å². The minimum Gasteiger partial charge on any atom is -0.493 e. The molecule has 0 bridgehead atoms. The summed E-state index contributed by atoms with van der Waals surface area (Å²) in [6.45, 7) is -0.680. The molecule has 0 spiro atoms. The average Bonchev–Trinajstić information content (AvgIpc) is 2.91. The van der Waals surface area contributed by atoms with Crippen molar-refractivity contribution in [2.45, 2.75) is 18.6 Å². The minimum absolute atomic E-state index is 0.0405. The van der Waals surface area contributed by atoms with Crippen LogP contribution >= 0.6 is 0 Å². The largest absolute Gasteiger partial charge is 0.510 e. The summed E-state index contributed by atoms with van der Waals surface area (Å²) in [6.07, 6.45) is -0.189. The molecule has 2 aliphatic heterocycles. The molecule has 5 rings (SSSR count). The lowest BCUT2D eigenvalue weighted by Gasteiger charge is -2.50. The van der Waals surface area contributed by atoms with Crippen molar-refractivity contribution in [3.8, 4) is 11.5 Å². The van der Waals surface area contributed by atoms with E-state index < -0.39 is 59.7 Å².